The van der Waals surface area contributed by atoms with Gasteiger partial charge in [0.1, 0.15) is 0 Å². The number of rotatable bonds is 8. The molecular weight excluding hydrogens is 480 g/mol. The summed E-state index contributed by atoms with van der Waals surface area (Å²) in [7, 11) is -7.51. The van der Waals surface area contributed by atoms with Crippen LogP contribution >= 0.6 is 0 Å². The lowest BCUT2D eigenvalue weighted by Crippen LogP contribution is -2.51. The highest BCUT2D eigenvalue weighted by Gasteiger charge is 2.39. The zero-order valence-electron chi connectivity index (χ0n) is 18.8. The molecule has 10 nitrogen and oxygen atoms in total. The van der Waals surface area contributed by atoms with E-state index in [0.717, 1.165) is 25.8 Å². The van der Waals surface area contributed by atoms with E-state index >= 15 is 0 Å². The first-order valence-electron chi connectivity index (χ1n) is 11.1. The Bertz CT molecular complexity index is 1260. The number of sulfonamides is 2. The number of nitro groups is 1. The minimum absolute atomic E-state index is 0.0363. The average Bonchev–Trinajstić information content (AvgIpc) is 2.80. The van der Waals surface area contributed by atoms with E-state index in [1.165, 1.54) is 39.7 Å². The van der Waals surface area contributed by atoms with Crippen molar-refractivity contribution >= 4 is 25.7 Å². The third-order valence-electron chi connectivity index (χ3n) is 6.53. The summed E-state index contributed by atoms with van der Waals surface area (Å²) < 4.78 is 54.2. The molecule has 0 bridgehead atoms. The lowest BCUT2D eigenvalue weighted by Gasteiger charge is -2.46. The normalized spacial score (nSPS) is 21.1. The van der Waals surface area contributed by atoms with Gasteiger partial charge >= 0.3 is 0 Å². The fourth-order valence-electron chi connectivity index (χ4n) is 4.91. The summed E-state index contributed by atoms with van der Waals surface area (Å²) in [5.74, 6) is 0. The minimum Gasteiger partial charge on any atom is -0.296 e. The summed E-state index contributed by atoms with van der Waals surface area (Å²) >= 11 is 0. The average molecular weight is 509 g/mol. The second-order valence-electron chi connectivity index (χ2n) is 8.71. The molecule has 2 aromatic carbocycles. The van der Waals surface area contributed by atoms with Gasteiger partial charge in [0.15, 0.2) is 0 Å². The van der Waals surface area contributed by atoms with Crippen LogP contribution in [0.1, 0.15) is 30.0 Å². The molecule has 0 saturated carbocycles. The van der Waals surface area contributed by atoms with Crippen molar-refractivity contribution < 1.29 is 21.8 Å². The molecule has 0 spiro atoms. The molecule has 184 valence electrons. The predicted molar refractivity (Wildman–Crippen MR) is 127 cm³/mol. The van der Waals surface area contributed by atoms with Crippen LogP contribution in [0.2, 0.25) is 0 Å². The van der Waals surface area contributed by atoms with Crippen LogP contribution in [0.3, 0.4) is 0 Å². The van der Waals surface area contributed by atoms with Crippen LogP contribution in [0.5, 0.6) is 0 Å². The van der Waals surface area contributed by atoms with E-state index in [-0.39, 0.29) is 35.8 Å². The maximum Gasteiger partial charge on any atom is 0.269 e. The molecule has 2 heterocycles. The molecular formula is C22H28N4O6S2. The molecule has 0 amide bonds. The van der Waals surface area contributed by atoms with Crippen LogP contribution in [0, 0.1) is 10.1 Å². The van der Waals surface area contributed by atoms with Crippen molar-refractivity contribution in [1.29, 1.82) is 0 Å². The van der Waals surface area contributed by atoms with E-state index in [2.05, 4.69) is 21.8 Å². The number of benzene rings is 2. The molecule has 12 heteroatoms. The van der Waals surface area contributed by atoms with Crippen molar-refractivity contribution in [2.45, 2.75) is 36.2 Å². The highest BCUT2D eigenvalue weighted by molar-refractivity contribution is 7.89. The Hall–Kier alpha value is -2.38. The molecule has 4 rings (SSSR count). The number of non-ortho nitro benzene ring substituents is 1. The SMILES string of the molecule is CS(=O)(=O)NCCN([C@H]1CCN2CCc3ccccc3[C@@H]2C1)S(=O)(=O)c1ccc([N+](=O)[O-])cc1. The van der Waals surface area contributed by atoms with Crippen LogP contribution < -0.4 is 4.72 Å². The number of nitrogens with zero attached hydrogens (tertiary/aromatic N) is 3. The Balaban J connectivity index is 1.64. The van der Waals surface area contributed by atoms with Gasteiger partial charge in [-0.05, 0) is 42.5 Å². The highest BCUT2D eigenvalue weighted by atomic mass is 32.2. The highest BCUT2D eigenvalue weighted by Crippen LogP contribution is 2.39. The molecule has 1 fully saturated rings. The zero-order valence-corrected chi connectivity index (χ0v) is 20.5. The summed E-state index contributed by atoms with van der Waals surface area (Å²) in [6.07, 6.45) is 3.19. The Morgan fingerprint density at radius 2 is 1.79 bits per heavy atom. The largest absolute Gasteiger partial charge is 0.296 e. The summed E-state index contributed by atoms with van der Waals surface area (Å²) in [5.41, 5.74) is 2.28. The third kappa shape index (κ3) is 5.31. The van der Waals surface area contributed by atoms with Crippen molar-refractivity contribution in [3.8, 4) is 0 Å². The van der Waals surface area contributed by atoms with Gasteiger partial charge in [-0.1, -0.05) is 24.3 Å². The number of fused-ring (bicyclic) bond motifs is 3. The van der Waals surface area contributed by atoms with Gasteiger partial charge in [-0.15, -0.1) is 0 Å². The molecule has 2 aromatic rings. The van der Waals surface area contributed by atoms with Gasteiger partial charge in [0, 0.05) is 50.4 Å². The van der Waals surface area contributed by atoms with E-state index in [4.69, 9.17) is 0 Å². The number of nitro benzene ring substituents is 1. The summed E-state index contributed by atoms with van der Waals surface area (Å²) in [5, 5.41) is 11.0. The fourth-order valence-corrected chi connectivity index (χ4v) is 7.04. The second kappa shape index (κ2) is 9.70. The quantitative estimate of drug-likeness (QED) is 0.426. The maximum atomic E-state index is 13.6. The van der Waals surface area contributed by atoms with Gasteiger partial charge in [0.25, 0.3) is 5.69 Å². The number of hydrogen-bond acceptors (Lipinski definition) is 7. The zero-order chi connectivity index (χ0) is 24.5. The van der Waals surface area contributed by atoms with E-state index in [9.17, 15) is 26.9 Å². The molecule has 2 atom stereocenters. The maximum absolute atomic E-state index is 13.6. The lowest BCUT2D eigenvalue weighted by atomic mass is 9.85. The van der Waals surface area contributed by atoms with Crippen LogP contribution in [0.15, 0.2) is 53.4 Å². The molecule has 2 aliphatic rings. The van der Waals surface area contributed by atoms with Gasteiger partial charge in [-0.3, -0.25) is 15.0 Å². The Labute approximate surface area is 199 Å². The van der Waals surface area contributed by atoms with Crippen LogP contribution in [-0.2, 0) is 26.5 Å². The third-order valence-corrected chi connectivity index (χ3v) is 9.22. The number of hydrogen-bond donors (Lipinski definition) is 1. The molecule has 2 aliphatic heterocycles. The lowest BCUT2D eigenvalue weighted by molar-refractivity contribution is -0.384. The first-order valence-corrected chi connectivity index (χ1v) is 14.4. The number of piperidine rings is 1. The monoisotopic (exact) mass is 508 g/mol. The summed E-state index contributed by atoms with van der Waals surface area (Å²) in [6.45, 7) is 1.55. The van der Waals surface area contributed by atoms with E-state index in [1.807, 2.05) is 12.1 Å². The van der Waals surface area contributed by atoms with Crippen molar-refractivity contribution in [1.82, 2.24) is 13.9 Å². The molecule has 34 heavy (non-hydrogen) atoms. The van der Waals surface area contributed by atoms with Crippen LogP contribution in [0.4, 0.5) is 5.69 Å². The summed E-state index contributed by atoms with van der Waals surface area (Å²) in [6, 6.07) is 12.7. The van der Waals surface area contributed by atoms with E-state index < -0.39 is 25.0 Å². The number of nitrogens with one attached hydrogen (secondary N) is 1. The smallest absolute Gasteiger partial charge is 0.269 e. The van der Waals surface area contributed by atoms with Crippen LogP contribution in [0.25, 0.3) is 0 Å². The van der Waals surface area contributed by atoms with Gasteiger partial charge in [0.2, 0.25) is 20.0 Å². The summed E-state index contributed by atoms with van der Waals surface area (Å²) in [4.78, 5) is 12.7. The van der Waals surface area contributed by atoms with Crippen molar-refractivity contribution in [3.05, 3.63) is 69.8 Å². The standard InChI is InChI=1S/C22H28N4O6S2/c1-33(29,30)23-12-15-25(34(31,32)20-8-6-18(7-9-20)26(27)28)19-11-14-24-13-10-17-4-2-3-5-21(17)22(24)16-19/h2-9,19,22-23H,10-16H2,1H3/t19-,22-/m0/s1. The van der Waals surface area contributed by atoms with Gasteiger partial charge < -0.3 is 0 Å². The fraction of sp³-hybridized carbons (Fsp3) is 0.455. The van der Waals surface area contributed by atoms with Crippen molar-refractivity contribution in [2.75, 3.05) is 32.4 Å². The Morgan fingerprint density at radius 1 is 1.09 bits per heavy atom. The van der Waals surface area contributed by atoms with Gasteiger partial charge in [0.05, 0.1) is 16.1 Å². The molecule has 1 N–H and O–H groups in total. The molecule has 0 aliphatic carbocycles. The Kier molecular flexibility index (Phi) is 7.06. The first kappa shape index (κ1) is 24.7. The van der Waals surface area contributed by atoms with E-state index in [1.54, 1.807) is 0 Å². The minimum atomic E-state index is -4.02. The Morgan fingerprint density at radius 3 is 2.47 bits per heavy atom. The molecule has 0 radical (unpaired) electrons. The van der Waals surface area contributed by atoms with Gasteiger partial charge in [-0.25, -0.2) is 21.6 Å². The first-order chi connectivity index (χ1) is 16.1. The second-order valence-corrected chi connectivity index (χ2v) is 12.4. The molecule has 0 aromatic heterocycles. The van der Waals surface area contributed by atoms with Gasteiger partial charge in [-0.2, -0.15) is 4.31 Å². The predicted octanol–water partition coefficient (Wildman–Crippen LogP) is 1.90. The van der Waals surface area contributed by atoms with Crippen LogP contribution in [-0.4, -0.2) is 69.4 Å². The molecule has 1 saturated heterocycles. The van der Waals surface area contributed by atoms with Crippen molar-refractivity contribution in [2.24, 2.45) is 0 Å². The topological polar surface area (TPSA) is 130 Å². The molecule has 0 unspecified atom stereocenters. The van der Waals surface area contributed by atoms with E-state index in [0.29, 0.717) is 12.8 Å². The van der Waals surface area contributed by atoms with Crippen molar-refractivity contribution in [3.63, 3.8) is 0 Å².